The van der Waals surface area contributed by atoms with Gasteiger partial charge < -0.3 is 19.4 Å². The predicted octanol–water partition coefficient (Wildman–Crippen LogP) is 4.83. The number of para-hydroxylation sites is 2. The number of carbonyl (C=O) groups excluding carboxylic acids is 1. The lowest BCUT2D eigenvalue weighted by molar-refractivity contribution is 0.0949. The molecule has 1 heterocycles. The quantitative estimate of drug-likeness (QED) is 0.367. The number of aromatic nitrogens is 2. The third kappa shape index (κ3) is 5.27. The van der Waals surface area contributed by atoms with Crippen molar-refractivity contribution in [3.63, 3.8) is 0 Å². The van der Waals surface area contributed by atoms with Crippen molar-refractivity contribution in [1.29, 1.82) is 0 Å². The SMILES string of the molecule is COc1cccc(OCCCCn2c(CNC(=O)c3ccccc3)nc3ccccc32)c1. The van der Waals surface area contributed by atoms with E-state index in [1.54, 1.807) is 19.2 Å². The van der Waals surface area contributed by atoms with E-state index in [0.717, 1.165) is 47.7 Å². The Morgan fingerprint density at radius 2 is 1.72 bits per heavy atom. The Kier molecular flexibility index (Phi) is 7.02. The van der Waals surface area contributed by atoms with Gasteiger partial charge in [0.25, 0.3) is 5.91 Å². The maximum atomic E-state index is 12.5. The molecule has 4 rings (SSSR count). The van der Waals surface area contributed by atoms with Gasteiger partial charge in [-0.3, -0.25) is 4.79 Å². The molecule has 1 aromatic heterocycles. The third-order valence-electron chi connectivity index (χ3n) is 5.26. The Morgan fingerprint density at radius 1 is 0.938 bits per heavy atom. The second-order valence-corrected chi connectivity index (χ2v) is 7.45. The number of imidazole rings is 1. The fraction of sp³-hybridized carbons (Fsp3) is 0.231. The molecule has 0 saturated carbocycles. The highest BCUT2D eigenvalue weighted by Gasteiger charge is 2.12. The number of aryl methyl sites for hydroxylation is 1. The van der Waals surface area contributed by atoms with Crippen LogP contribution in [0.25, 0.3) is 11.0 Å². The molecule has 0 spiro atoms. The predicted molar refractivity (Wildman–Crippen MR) is 125 cm³/mol. The van der Waals surface area contributed by atoms with Crippen LogP contribution in [0, 0.1) is 0 Å². The number of methoxy groups -OCH3 is 1. The number of nitrogens with one attached hydrogen (secondary N) is 1. The van der Waals surface area contributed by atoms with Gasteiger partial charge in [0.15, 0.2) is 0 Å². The van der Waals surface area contributed by atoms with E-state index in [1.807, 2.05) is 60.7 Å². The minimum absolute atomic E-state index is 0.101. The molecule has 32 heavy (non-hydrogen) atoms. The van der Waals surface area contributed by atoms with Gasteiger partial charge in [0.05, 0.1) is 31.3 Å². The minimum Gasteiger partial charge on any atom is -0.497 e. The van der Waals surface area contributed by atoms with Crippen molar-refractivity contribution in [2.75, 3.05) is 13.7 Å². The average Bonchev–Trinajstić information content (AvgIpc) is 3.20. The van der Waals surface area contributed by atoms with E-state index in [2.05, 4.69) is 16.0 Å². The summed E-state index contributed by atoms with van der Waals surface area (Å²) >= 11 is 0. The highest BCUT2D eigenvalue weighted by molar-refractivity contribution is 5.94. The number of amides is 1. The number of fused-ring (bicyclic) bond motifs is 1. The van der Waals surface area contributed by atoms with Crippen molar-refractivity contribution in [2.24, 2.45) is 0 Å². The Morgan fingerprint density at radius 3 is 2.56 bits per heavy atom. The normalized spacial score (nSPS) is 10.8. The fourth-order valence-electron chi connectivity index (χ4n) is 3.61. The molecule has 1 N–H and O–H groups in total. The summed E-state index contributed by atoms with van der Waals surface area (Å²) in [7, 11) is 1.65. The molecule has 0 saturated heterocycles. The molecular weight excluding hydrogens is 402 g/mol. The van der Waals surface area contributed by atoms with Crippen molar-refractivity contribution < 1.29 is 14.3 Å². The summed E-state index contributed by atoms with van der Waals surface area (Å²) in [6.45, 7) is 1.81. The second kappa shape index (κ2) is 10.5. The lowest BCUT2D eigenvalue weighted by Gasteiger charge is -2.11. The number of ether oxygens (including phenoxy) is 2. The van der Waals surface area contributed by atoms with Crippen LogP contribution in [0.5, 0.6) is 11.5 Å². The highest BCUT2D eigenvalue weighted by atomic mass is 16.5. The van der Waals surface area contributed by atoms with Crippen molar-refractivity contribution in [2.45, 2.75) is 25.9 Å². The zero-order valence-corrected chi connectivity index (χ0v) is 18.2. The first kappa shape index (κ1) is 21.4. The van der Waals surface area contributed by atoms with E-state index in [0.29, 0.717) is 18.7 Å². The van der Waals surface area contributed by atoms with E-state index in [-0.39, 0.29) is 5.91 Å². The summed E-state index contributed by atoms with van der Waals surface area (Å²) in [4.78, 5) is 17.2. The lowest BCUT2D eigenvalue weighted by Crippen LogP contribution is -2.24. The molecule has 6 heteroatoms. The summed E-state index contributed by atoms with van der Waals surface area (Å²) < 4.78 is 13.3. The highest BCUT2D eigenvalue weighted by Crippen LogP contribution is 2.20. The molecule has 0 aliphatic rings. The van der Waals surface area contributed by atoms with Crippen LogP contribution in [0.4, 0.5) is 0 Å². The Hall–Kier alpha value is -3.80. The van der Waals surface area contributed by atoms with Crippen LogP contribution in [-0.2, 0) is 13.1 Å². The summed E-state index contributed by atoms with van der Waals surface area (Å²) in [5.41, 5.74) is 2.65. The first-order valence-corrected chi connectivity index (χ1v) is 10.8. The van der Waals surface area contributed by atoms with Crippen molar-refractivity contribution in [3.05, 3.63) is 90.3 Å². The van der Waals surface area contributed by atoms with Crippen LogP contribution in [0.3, 0.4) is 0 Å². The van der Waals surface area contributed by atoms with E-state index in [9.17, 15) is 4.79 Å². The van der Waals surface area contributed by atoms with Gasteiger partial charge >= 0.3 is 0 Å². The summed E-state index contributed by atoms with van der Waals surface area (Å²) in [6.07, 6.45) is 1.84. The molecule has 1 amide bonds. The van der Waals surface area contributed by atoms with Crippen LogP contribution >= 0.6 is 0 Å². The number of carbonyl (C=O) groups is 1. The molecule has 0 unspecified atom stereocenters. The van der Waals surface area contributed by atoms with E-state index in [4.69, 9.17) is 14.5 Å². The van der Waals surface area contributed by atoms with Gasteiger partial charge in [0.2, 0.25) is 0 Å². The smallest absolute Gasteiger partial charge is 0.251 e. The molecule has 3 aromatic carbocycles. The molecule has 0 bridgehead atoms. The standard InChI is InChI=1S/C26H27N3O3/c1-31-21-12-9-13-22(18-21)32-17-8-7-16-29-24-15-6-5-14-23(24)28-25(29)19-27-26(30)20-10-3-2-4-11-20/h2-6,9-15,18H,7-8,16-17,19H2,1H3,(H,27,30). The van der Waals surface area contributed by atoms with Crippen LogP contribution in [0.15, 0.2) is 78.9 Å². The molecule has 4 aromatic rings. The second-order valence-electron chi connectivity index (χ2n) is 7.45. The van der Waals surface area contributed by atoms with Gasteiger partial charge in [-0.05, 0) is 49.2 Å². The van der Waals surface area contributed by atoms with Gasteiger partial charge in [-0.15, -0.1) is 0 Å². The average molecular weight is 430 g/mol. The molecule has 0 radical (unpaired) electrons. The summed E-state index contributed by atoms with van der Waals surface area (Å²) in [6, 6.07) is 24.9. The summed E-state index contributed by atoms with van der Waals surface area (Å²) in [5, 5.41) is 2.99. The van der Waals surface area contributed by atoms with Crippen LogP contribution < -0.4 is 14.8 Å². The topological polar surface area (TPSA) is 65.4 Å². The largest absolute Gasteiger partial charge is 0.497 e. The van der Waals surface area contributed by atoms with Gasteiger partial charge in [-0.25, -0.2) is 4.98 Å². The van der Waals surface area contributed by atoms with Crippen molar-refractivity contribution in [3.8, 4) is 11.5 Å². The van der Waals surface area contributed by atoms with Crippen LogP contribution in [-0.4, -0.2) is 29.2 Å². The van der Waals surface area contributed by atoms with Crippen molar-refractivity contribution >= 4 is 16.9 Å². The Labute approximate surface area is 187 Å². The molecule has 6 nitrogen and oxygen atoms in total. The van der Waals surface area contributed by atoms with E-state index < -0.39 is 0 Å². The first-order chi connectivity index (χ1) is 15.7. The third-order valence-corrected chi connectivity index (χ3v) is 5.26. The minimum atomic E-state index is -0.101. The molecule has 0 aliphatic carbocycles. The maximum absolute atomic E-state index is 12.5. The van der Waals surface area contributed by atoms with Crippen LogP contribution in [0.2, 0.25) is 0 Å². The zero-order chi connectivity index (χ0) is 22.2. The fourth-order valence-corrected chi connectivity index (χ4v) is 3.61. The number of hydrogen-bond acceptors (Lipinski definition) is 4. The van der Waals surface area contributed by atoms with Gasteiger partial charge in [0, 0.05) is 18.2 Å². The summed E-state index contributed by atoms with van der Waals surface area (Å²) in [5.74, 6) is 2.34. The number of benzene rings is 3. The number of rotatable bonds is 10. The molecule has 0 fully saturated rings. The molecule has 0 atom stereocenters. The van der Waals surface area contributed by atoms with Gasteiger partial charge in [0.1, 0.15) is 17.3 Å². The number of nitrogens with zero attached hydrogens (tertiary/aromatic N) is 2. The number of unbranched alkanes of at least 4 members (excludes halogenated alkanes) is 1. The monoisotopic (exact) mass is 429 g/mol. The van der Waals surface area contributed by atoms with Gasteiger partial charge in [-0.1, -0.05) is 36.4 Å². The Bertz CT molecular complexity index is 1170. The maximum Gasteiger partial charge on any atom is 0.251 e. The molecular formula is C26H27N3O3. The lowest BCUT2D eigenvalue weighted by atomic mass is 10.2. The van der Waals surface area contributed by atoms with Crippen molar-refractivity contribution in [1.82, 2.24) is 14.9 Å². The molecule has 164 valence electrons. The Balaban J connectivity index is 1.36. The van der Waals surface area contributed by atoms with Crippen LogP contribution in [0.1, 0.15) is 29.0 Å². The van der Waals surface area contributed by atoms with E-state index >= 15 is 0 Å². The van der Waals surface area contributed by atoms with E-state index in [1.165, 1.54) is 0 Å². The molecule has 0 aliphatic heterocycles. The number of hydrogen-bond donors (Lipinski definition) is 1. The van der Waals surface area contributed by atoms with Gasteiger partial charge in [-0.2, -0.15) is 0 Å². The first-order valence-electron chi connectivity index (χ1n) is 10.8. The zero-order valence-electron chi connectivity index (χ0n) is 18.2.